The van der Waals surface area contributed by atoms with Crippen LogP contribution in [0.4, 0.5) is 5.82 Å². The number of halogens is 1. The van der Waals surface area contributed by atoms with E-state index in [-0.39, 0.29) is 11.9 Å². The first-order valence-electron chi connectivity index (χ1n) is 7.45. The maximum Gasteiger partial charge on any atom is 0.280 e. The van der Waals surface area contributed by atoms with Gasteiger partial charge < -0.3 is 5.11 Å². The predicted molar refractivity (Wildman–Crippen MR) is 98.0 cm³/mol. The third-order valence-electron chi connectivity index (χ3n) is 3.11. The van der Waals surface area contributed by atoms with Crippen LogP contribution in [0.3, 0.4) is 0 Å². The quantitative estimate of drug-likeness (QED) is 0.419. The molecule has 124 valence electrons. The monoisotopic (exact) mass is 395 g/mol. The molecular formula is C18H14BrN5O. The van der Waals surface area contributed by atoms with Gasteiger partial charge in [-0.05, 0) is 39.5 Å². The van der Waals surface area contributed by atoms with E-state index in [2.05, 4.69) is 36.3 Å². The summed E-state index contributed by atoms with van der Waals surface area (Å²) in [5, 5.41) is 12.4. The van der Waals surface area contributed by atoms with Gasteiger partial charge in [-0.3, -0.25) is 0 Å². The van der Waals surface area contributed by atoms with Gasteiger partial charge in [0.15, 0.2) is 18.2 Å². The molecular weight excluding hydrogens is 382 g/mol. The second-order valence-electron chi connectivity index (χ2n) is 4.95. The maximum absolute atomic E-state index is 12.4. The molecule has 0 unspecified atom stereocenters. The summed E-state index contributed by atoms with van der Waals surface area (Å²) in [4.78, 5) is 12.6. The van der Waals surface area contributed by atoms with Crippen LogP contribution in [0.1, 0.15) is 5.56 Å². The Labute approximate surface area is 153 Å². The highest BCUT2D eigenvalue weighted by molar-refractivity contribution is 9.10. The van der Waals surface area contributed by atoms with E-state index < -0.39 is 0 Å². The minimum absolute atomic E-state index is 0.139. The van der Waals surface area contributed by atoms with Crippen molar-refractivity contribution in [1.29, 1.82) is 0 Å². The van der Waals surface area contributed by atoms with Crippen LogP contribution in [-0.2, 0) is 0 Å². The van der Waals surface area contributed by atoms with E-state index in [0.717, 1.165) is 4.47 Å². The van der Waals surface area contributed by atoms with Gasteiger partial charge >= 0.3 is 0 Å². The molecule has 0 spiro atoms. The molecule has 25 heavy (non-hydrogen) atoms. The molecule has 3 rings (SSSR count). The summed E-state index contributed by atoms with van der Waals surface area (Å²) >= 11 is 3.33. The summed E-state index contributed by atoms with van der Waals surface area (Å²) in [6.45, 7) is 0. The number of pyridine rings is 2. The fourth-order valence-corrected chi connectivity index (χ4v) is 2.18. The lowest BCUT2D eigenvalue weighted by atomic mass is 10.2. The highest BCUT2D eigenvalue weighted by Gasteiger charge is 2.05. The Hall–Kier alpha value is -3.06. The van der Waals surface area contributed by atoms with Crippen molar-refractivity contribution >= 4 is 33.6 Å². The van der Waals surface area contributed by atoms with Crippen molar-refractivity contribution in [2.24, 2.45) is 9.98 Å². The Bertz CT molecular complexity index is 880. The van der Waals surface area contributed by atoms with Crippen LogP contribution in [-0.4, -0.2) is 16.8 Å². The average molecular weight is 396 g/mol. The molecule has 0 aliphatic carbocycles. The molecule has 2 aromatic heterocycles. The lowest BCUT2D eigenvalue weighted by Crippen LogP contribution is -2.47. The molecule has 0 radical (unpaired) electrons. The van der Waals surface area contributed by atoms with Crippen molar-refractivity contribution in [3.8, 4) is 0 Å². The molecule has 1 N–H and O–H groups in total. The number of guanidine groups is 1. The van der Waals surface area contributed by atoms with Crippen LogP contribution < -0.4 is 15.2 Å². The van der Waals surface area contributed by atoms with Crippen LogP contribution in [0.2, 0.25) is 0 Å². The molecule has 0 bridgehead atoms. The van der Waals surface area contributed by atoms with E-state index in [4.69, 9.17) is 0 Å². The summed E-state index contributed by atoms with van der Waals surface area (Å²) in [6.07, 6.45) is 5.20. The number of nitrogens with one attached hydrogen (secondary N) is 1. The molecule has 0 aliphatic heterocycles. The van der Waals surface area contributed by atoms with Crippen molar-refractivity contribution in [2.45, 2.75) is 0 Å². The van der Waals surface area contributed by atoms with Crippen molar-refractivity contribution in [1.82, 2.24) is 4.98 Å². The molecule has 2 heterocycles. The standard InChI is InChI=1S/C18H14BrN5O/c19-15-9-10-16(20-13-15)21-18(23-24-11-5-2-6-12-24)22-17(25)14-7-3-1-4-8-14/h1-13H,(H-,20,21,22,23,25). The minimum Gasteiger partial charge on any atom is -0.858 e. The molecule has 0 amide bonds. The largest absolute Gasteiger partial charge is 0.858 e. The second kappa shape index (κ2) is 8.16. The van der Waals surface area contributed by atoms with E-state index in [1.807, 2.05) is 30.3 Å². The summed E-state index contributed by atoms with van der Waals surface area (Å²) < 4.78 is 2.50. The van der Waals surface area contributed by atoms with Crippen LogP contribution in [0, 0.1) is 0 Å². The number of hydrogen-bond acceptors (Lipinski definition) is 3. The molecule has 0 fully saturated rings. The smallest absolute Gasteiger partial charge is 0.280 e. The Morgan fingerprint density at radius 3 is 2.40 bits per heavy atom. The minimum atomic E-state index is -0.388. The first-order chi connectivity index (χ1) is 12.2. The zero-order valence-corrected chi connectivity index (χ0v) is 14.7. The SMILES string of the molecule is [O-]/C(=N\C(=Nc1ccc(Br)cn1)N[n+]1ccccc1)c1ccccc1. The highest BCUT2D eigenvalue weighted by Crippen LogP contribution is 2.13. The van der Waals surface area contributed by atoms with Gasteiger partial charge in [-0.2, -0.15) is 4.99 Å². The van der Waals surface area contributed by atoms with Gasteiger partial charge in [0.1, 0.15) is 0 Å². The van der Waals surface area contributed by atoms with E-state index in [1.165, 1.54) is 0 Å². The summed E-state index contributed by atoms with van der Waals surface area (Å²) in [7, 11) is 0. The van der Waals surface area contributed by atoms with Gasteiger partial charge in [-0.25, -0.2) is 9.98 Å². The number of nitrogens with zero attached hydrogens (tertiary/aromatic N) is 4. The summed E-state index contributed by atoms with van der Waals surface area (Å²) in [5.41, 5.74) is 3.46. The van der Waals surface area contributed by atoms with Crippen molar-refractivity contribution in [3.63, 3.8) is 0 Å². The third-order valence-corrected chi connectivity index (χ3v) is 3.57. The zero-order valence-electron chi connectivity index (χ0n) is 13.1. The maximum atomic E-state index is 12.4. The molecule has 1 aromatic carbocycles. The summed E-state index contributed by atoms with van der Waals surface area (Å²) in [6, 6.07) is 18.0. The fraction of sp³-hybridized carbons (Fsp3) is 0. The molecule has 3 aromatic rings. The number of rotatable bonds is 3. The number of aromatic nitrogens is 2. The molecule has 6 nitrogen and oxygen atoms in total. The van der Waals surface area contributed by atoms with E-state index >= 15 is 0 Å². The van der Waals surface area contributed by atoms with Gasteiger partial charge in [0.25, 0.3) is 5.96 Å². The first-order valence-corrected chi connectivity index (χ1v) is 8.25. The summed E-state index contributed by atoms with van der Waals surface area (Å²) in [5.74, 6) is 0.187. The van der Waals surface area contributed by atoms with Crippen LogP contribution >= 0.6 is 15.9 Å². The lowest BCUT2D eigenvalue weighted by molar-refractivity contribution is -0.640. The van der Waals surface area contributed by atoms with E-state index in [9.17, 15) is 5.11 Å². The molecule has 0 saturated carbocycles. The van der Waals surface area contributed by atoms with Gasteiger partial charge in [0, 0.05) is 22.8 Å². The second-order valence-corrected chi connectivity index (χ2v) is 5.86. The Morgan fingerprint density at radius 1 is 1.00 bits per heavy atom. The number of benzene rings is 1. The van der Waals surface area contributed by atoms with Gasteiger partial charge in [0.2, 0.25) is 0 Å². The third kappa shape index (κ3) is 4.95. The van der Waals surface area contributed by atoms with Gasteiger partial charge in [-0.15, -0.1) is 5.43 Å². The Balaban J connectivity index is 1.95. The Kier molecular flexibility index (Phi) is 5.48. The van der Waals surface area contributed by atoms with Gasteiger partial charge in [0.05, 0.1) is 0 Å². The van der Waals surface area contributed by atoms with Crippen LogP contribution in [0.5, 0.6) is 0 Å². The van der Waals surface area contributed by atoms with Crippen LogP contribution in [0.15, 0.2) is 93.7 Å². The Morgan fingerprint density at radius 2 is 1.72 bits per heavy atom. The average Bonchev–Trinajstić information content (AvgIpc) is 2.65. The van der Waals surface area contributed by atoms with Crippen LogP contribution in [0.25, 0.3) is 0 Å². The molecule has 0 saturated heterocycles. The van der Waals surface area contributed by atoms with E-state index in [0.29, 0.717) is 11.4 Å². The number of aliphatic imine (C=N–C) groups is 2. The molecule has 7 heteroatoms. The number of hydrogen-bond donors (Lipinski definition) is 1. The predicted octanol–water partition coefficient (Wildman–Crippen LogP) is 2.17. The van der Waals surface area contributed by atoms with Crippen molar-refractivity contribution < 1.29 is 9.78 Å². The fourth-order valence-electron chi connectivity index (χ4n) is 1.95. The normalized spacial score (nSPS) is 12.0. The lowest BCUT2D eigenvalue weighted by Gasteiger charge is -2.10. The molecule has 0 aliphatic rings. The highest BCUT2D eigenvalue weighted by atomic mass is 79.9. The topological polar surface area (TPSA) is 76.6 Å². The van der Waals surface area contributed by atoms with Gasteiger partial charge in [-0.1, -0.05) is 41.1 Å². The first kappa shape index (κ1) is 16.8. The van der Waals surface area contributed by atoms with Crippen molar-refractivity contribution in [3.05, 3.63) is 89.3 Å². The van der Waals surface area contributed by atoms with Crippen molar-refractivity contribution in [2.75, 3.05) is 5.43 Å². The molecule has 0 atom stereocenters. The van der Waals surface area contributed by atoms with E-state index in [1.54, 1.807) is 53.6 Å². The zero-order chi connectivity index (χ0) is 17.5.